The number of carbonyl (C=O) groups excluding carboxylic acids is 1. The van der Waals surface area contributed by atoms with Gasteiger partial charge in [-0.1, -0.05) is 18.2 Å². The van der Waals surface area contributed by atoms with E-state index in [9.17, 15) is 4.79 Å². The van der Waals surface area contributed by atoms with Gasteiger partial charge in [-0.25, -0.2) is 4.79 Å². The lowest BCUT2D eigenvalue weighted by atomic mass is 10.3. The van der Waals surface area contributed by atoms with Crippen molar-refractivity contribution >= 4 is 23.5 Å². The number of anilines is 1. The maximum Gasteiger partial charge on any atom is 0.322 e. The van der Waals surface area contributed by atoms with Crippen molar-refractivity contribution in [3.8, 4) is 0 Å². The lowest BCUT2D eigenvalue weighted by Gasteiger charge is -2.21. The number of thioether (sulfide) groups is 1. The minimum atomic E-state index is -0.231. The molecular weight excluding hydrogens is 248 g/mol. The maximum absolute atomic E-state index is 12.0. The molecule has 5 heteroatoms. The molecule has 2 amide bonds. The van der Waals surface area contributed by atoms with Crippen LogP contribution in [0.15, 0.2) is 41.8 Å². The van der Waals surface area contributed by atoms with Crippen LogP contribution in [0.3, 0.4) is 0 Å². The van der Waals surface area contributed by atoms with Crippen LogP contribution in [0.2, 0.25) is 0 Å². The van der Waals surface area contributed by atoms with Gasteiger partial charge in [0.05, 0.1) is 12.3 Å². The van der Waals surface area contributed by atoms with Gasteiger partial charge < -0.3 is 15.3 Å². The summed E-state index contributed by atoms with van der Waals surface area (Å²) in [6, 6.07) is 7.37. The number of amides is 2. The highest BCUT2D eigenvalue weighted by Crippen LogP contribution is 2.24. The summed E-state index contributed by atoms with van der Waals surface area (Å²) in [6.45, 7) is 4.24. The van der Waals surface area contributed by atoms with Crippen molar-refractivity contribution in [3.63, 3.8) is 0 Å². The van der Waals surface area contributed by atoms with E-state index in [2.05, 4.69) is 11.9 Å². The largest absolute Gasteiger partial charge is 0.395 e. The van der Waals surface area contributed by atoms with Crippen LogP contribution in [0.4, 0.5) is 10.5 Å². The number of carbonyl (C=O) groups is 1. The third-order valence-electron chi connectivity index (χ3n) is 2.36. The van der Waals surface area contributed by atoms with Gasteiger partial charge in [0.1, 0.15) is 0 Å². The van der Waals surface area contributed by atoms with E-state index in [1.54, 1.807) is 17.8 Å². The number of hydrogen-bond donors (Lipinski definition) is 2. The highest BCUT2D eigenvalue weighted by Gasteiger charge is 2.12. The number of benzene rings is 1. The Hall–Kier alpha value is -1.46. The van der Waals surface area contributed by atoms with Crippen LogP contribution in [0.5, 0.6) is 0 Å². The molecule has 0 aromatic heterocycles. The van der Waals surface area contributed by atoms with E-state index in [1.165, 1.54) is 4.90 Å². The second kappa shape index (κ2) is 7.79. The third kappa shape index (κ3) is 4.09. The zero-order chi connectivity index (χ0) is 13.4. The van der Waals surface area contributed by atoms with Crippen LogP contribution < -0.4 is 5.32 Å². The molecule has 0 aliphatic carbocycles. The molecular formula is C13H18N2O2S. The summed E-state index contributed by atoms with van der Waals surface area (Å²) in [5, 5.41) is 11.8. The van der Waals surface area contributed by atoms with Crippen molar-refractivity contribution in [2.75, 3.05) is 31.3 Å². The molecule has 0 aliphatic rings. The highest BCUT2D eigenvalue weighted by molar-refractivity contribution is 7.98. The van der Waals surface area contributed by atoms with Gasteiger partial charge in [0.25, 0.3) is 0 Å². The second-order valence-electron chi connectivity index (χ2n) is 3.59. The Balaban J connectivity index is 2.75. The highest BCUT2D eigenvalue weighted by atomic mass is 32.2. The minimum absolute atomic E-state index is 0.0641. The number of rotatable bonds is 6. The molecule has 0 fully saturated rings. The van der Waals surface area contributed by atoms with E-state index in [0.29, 0.717) is 13.1 Å². The molecule has 0 saturated carbocycles. The second-order valence-corrected chi connectivity index (χ2v) is 4.44. The summed E-state index contributed by atoms with van der Waals surface area (Å²) in [4.78, 5) is 14.5. The minimum Gasteiger partial charge on any atom is -0.395 e. The number of para-hydroxylation sites is 1. The van der Waals surface area contributed by atoms with E-state index in [-0.39, 0.29) is 12.6 Å². The average Bonchev–Trinajstić information content (AvgIpc) is 2.39. The first-order chi connectivity index (χ1) is 8.72. The molecule has 2 N–H and O–H groups in total. The quantitative estimate of drug-likeness (QED) is 0.614. The Morgan fingerprint density at radius 1 is 1.56 bits per heavy atom. The van der Waals surface area contributed by atoms with Crippen molar-refractivity contribution in [1.82, 2.24) is 4.90 Å². The monoisotopic (exact) mass is 266 g/mol. The summed E-state index contributed by atoms with van der Waals surface area (Å²) in [7, 11) is 0. The van der Waals surface area contributed by atoms with Gasteiger partial charge in [-0.3, -0.25) is 0 Å². The van der Waals surface area contributed by atoms with E-state index in [4.69, 9.17) is 5.11 Å². The molecule has 0 heterocycles. The number of nitrogens with zero attached hydrogens (tertiary/aromatic N) is 1. The summed E-state index contributed by atoms with van der Waals surface area (Å²) >= 11 is 1.57. The molecule has 0 atom stereocenters. The molecule has 1 aromatic carbocycles. The lowest BCUT2D eigenvalue weighted by Crippen LogP contribution is -2.37. The van der Waals surface area contributed by atoms with Crippen molar-refractivity contribution in [2.24, 2.45) is 0 Å². The number of aliphatic hydroxyl groups is 1. The maximum atomic E-state index is 12.0. The van der Waals surface area contributed by atoms with Gasteiger partial charge in [-0.15, -0.1) is 18.3 Å². The Morgan fingerprint density at radius 2 is 2.28 bits per heavy atom. The van der Waals surface area contributed by atoms with Gasteiger partial charge in [0, 0.05) is 18.0 Å². The fourth-order valence-electron chi connectivity index (χ4n) is 1.49. The van der Waals surface area contributed by atoms with Crippen LogP contribution >= 0.6 is 11.8 Å². The number of aliphatic hydroxyl groups excluding tert-OH is 1. The molecule has 4 nitrogen and oxygen atoms in total. The molecule has 0 spiro atoms. The normalized spacial score (nSPS) is 9.89. The first kappa shape index (κ1) is 14.6. The van der Waals surface area contributed by atoms with Crippen molar-refractivity contribution < 1.29 is 9.90 Å². The van der Waals surface area contributed by atoms with E-state index in [1.807, 2.05) is 30.5 Å². The Bertz CT molecular complexity index is 410. The molecule has 0 aliphatic heterocycles. The van der Waals surface area contributed by atoms with Crippen molar-refractivity contribution in [3.05, 3.63) is 36.9 Å². The molecule has 1 aromatic rings. The fourth-order valence-corrected chi connectivity index (χ4v) is 2.05. The zero-order valence-corrected chi connectivity index (χ0v) is 11.2. The molecule has 0 saturated heterocycles. The molecule has 0 unspecified atom stereocenters. The summed E-state index contributed by atoms with van der Waals surface area (Å²) in [5.74, 6) is 0. The summed E-state index contributed by atoms with van der Waals surface area (Å²) < 4.78 is 0. The van der Waals surface area contributed by atoms with Gasteiger partial charge >= 0.3 is 6.03 Å². The first-order valence-electron chi connectivity index (χ1n) is 5.63. The molecule has 0 radical (unpaired) electrons. The Kier molecular flexibility index (Phi) is 6.32. The fraction of sp³-hybridized carbons (Fsp3) is 0.308. The van der Waals surface area contributed by atoms with Crippen molar-refractivity contribution in [2.45, 2.75) is 4.90 Å². The number of nitrogens with one attached hydrogen (secondary N) is 1. The number of hydrogen-bond acceptors (Lipinski definition) is 3. The Morgan fingerprint density at radius 3 is 2.89 bits per heavy atom. The third-order valence-corrected chi connectivity index (χ3v) is 3.15. The van der Waals surface area contributed by atoms with Crippen LogP contribution in [0.25, 0.3) is 0 Å². The van der Waals surface area contributed by atoms with Crippen LogP contribution in [0.1, 0.15) is 0 Å². The van der Waals surface area contributed by atoms with Crippen LogP contribution in [-0.4, -0.2) is 42.0 Å². The average molecular weight is 266 g/mol. The van der Waals surface area contributed by atoms with Gasteiger partial charge in [0.2, 0.25) is 0 Å². The zero-order valence-electron chi connectivity index (χ0n) is 10.4. The van der Waals surface area contributed by atoms with Gasteiger partial charge in [-0.05, 0) is 18.4 Å². The Labute approximate surface area is 112 Å². The first-order valence-corrected chi connectivity index (χ1v) is 6.86. The number of urea groups is 1. The van der Waals surface area contributed by atoms with E-state index in [0.717, 1.165) is 10.6 Å². The molecule has 0 bridgehead atoms. The van der Waals surface area contributed by atoms with E-state index < -0.39 is 0 Å². The smallest absolute Gasteiger partial charge is 0.322 e. The van der Waals surface area contributed by atoms with Gasteiger partial charge in [-0.2, -0.15) is 0 Å². The molecule has 1 rings (SSSR count). The molecule has 98 valence electrons. The molecule has 18 heavy (non-hydrogen) atoms. The lowest BCUT2D eigenvalue weighted by molar-refractivity contribution is 0.195. The predicted molar refractivity (Wildman–Crippen MR) is 76.1 cm³/mol. The summed E-state index contributed by atoms with van der Waals surface area (Å²) in [5.41, 5.74) is 0.780. The van der Waals surface area contributed by atoms with Crippen LogP contribution in [0, 0.1) is 0 Å². The van der Waals surface area contributed by atoms with Crippen molar-refractivity contribution in [1.29, 1.82) is 0 Å². The van der Waals surface area contributed by atoms with Gasteiger partial charge in [0.15, 0.2) is 0 Å². The predicted octanol–water partition coefficient (Wildman–Crippen LogP) is 2.42. The van der Waals surface area contributed by atoms with Crippen LogP contribution in [-0.2, 0) is 0 Å². The SMILES string of the molecule is C=CCN(CCO)C(=O)Nc1ccccc1SC. The van der Waals surface area contributed by atoms with E-state index >= 15 is 0 Å². The summed E-state index contributed by atoms with van der Waals surface area (Å²) in [6.07, 6.45) is 3.59. The topological polar surface area (TPSA) is 52.6 Å². The standard InChI is InChI=1S/C13H18N2O2S/c1-3-8-15(9-10-16)13(17)14-11-6-4-5-7-12(11)18-2/h3-7,16H,1,8-10H2,2H3,(H,14,17).